The van der Waals surface area contributed by atoms with Crippen LogP contribution in [-0.4, -0.2) is 5.43 Å². The molecule has 0 saturated heterocycles. The fraction of sp³-hybridized carbons (Fsp3) is 0.400. The van der Waals surface area contributed by atoms with Gasteiger partial charge in [0.2, 0.25) is 0 Å². The molecule has 0 spiro atoms. The molecule has 32 heavy (non-hydrogen) atoms. The number of benzene rings is 2. The van der Waals surface area contributed by atoms with E-state index in [1.165, 1.54) is 22.3 Å². The first-order valence-corrected chi connectivity index (χ1v) is 21.0. The van der Waals surface area contributed by atoms with Crippen molar-refractivity contribution in [3.8, 4) is 0 Å². The average molecular weight is 518 g/mol. The van der Waals surface area contributed by atoms with Crippen molar-refractivity contribution in [3.63, 3.8) is 0 Å². The minimum atomic E-state index is -1.89. The summed E-state index contributed by atoms with van der Waals surface area (Å²) in [6.07, 6.45) is 2.71. The third kappa shape index (κ3) is 4.07. The van der Waals surface area contributed by atoms with E-state index in [1.54, 1.807) is 27.9 Å². The summed E-state index contributed by atoms with van der Waals surface area (Å²) < 4.78 is 1.45. The molecule has 0 aliphatic heterocycles. The van der Waals surface area contributed by atoms with Crippen LogP contribution in [0.1, 0.15) is 74.3 Å². The number of fused-ring (bicyclic) bond motifs is 1. The van der Waals surface area contributed by atoms with Crippen LogP contribution in [0.25, 0.3) is 5.57 Å². The van der Waals surface area contributed by atoms with E-state index in [-0.39, 0.29) is 10.8 Å². The summed E-state index contributed by atoms with van der Waals surface area (Å²) in [6, 6.07) is 18.6. The molecule has 166 valence electrons. The quantitative estimate of drug-likeness (QED) is 0.357. The average Bonchev–Trinajstić information content (AvgIpc) is 3.21. The molecular weight excluding hydrogens is 480 g/mol. The van der Waals surface area contributed by atoms with Crippen molar-refractivity contribution in [1.29, 1.82) is 0 Å². The molecular formula is C30H38SiZr. The van der Waals surface area contributed by atoms with Gasteiger partial charge in [0.05, 0.1) is 0 Å². The Balaban J connectivity index is 1.89. The van der Waals surface area contributed by atoms with E-state index in [2.05, 4.69) is 116 Å². The van der Waals surface area contributed by atoms with Gasteiger partial charge in [-0.1, -0.05) is 0 Å². The van der Waals surface area contributed by atoms with Crippen LogP contribution in [0, 0.1) is 0 Å². The van der Waals surface area contributed by atoms with Gasteiger partial charge >= 0.3 is 205 Å². The summed E-state index contributed by atoms with van der Waals surface area (Å²) in [7, 11) is 0. The molecule has 0 amide bonds. The van der Waals surface area contributed by atoms with Gasteiger partial charge in [-0.05, 0) is 0 Å². The minimum absolute atomic E-state index is 0.167. The van der Waals surface area contributed by atoms with Gasteiger partial charge in [-0.15, -0.1) is 0 Å². The van der Waals surface area contributed by atoms with Crippen LogP contribution < -0.4 is 0 Å². The first-order valence-electron chi connectivity index (χ1n) is 12.0. The Morgan fingerprint density at radius 3 is 2.03 bits per heavy atom. The standard InChI is InChI=1S/C19H19.C9H13.C2H6Si.Zr/c1-19(2,3)16-9-6-8-15(13-16)18-12-11-14-7-4-5-10-17(14)18;1-6-5-7(2)9(4)8(6)3;1-3-2;/h4-13H,1-3H3;5H,1-4H3;1-2H3;. The first kappa shape index (κ1) is 23.9. The van der Waals surface area contributed by atoms with Crippen molar-refractivity contribution < 1.29 is 20.4 Å². The van der Waals surface area contributed by atoms with Crippen LogP contribution >= 0.6 is 0 Å². The maximum atomic E-state index is 2.71. The third-order valence-electron chi connectivity index (χ3n) is 7.79. The topological polar surface area (TPSA) is 0 Å². The predicted molar refractivity (Wildman–Crippen MR) is 139 cm³/mol. The molecule has 4 rings (SSSR count). The van der Waals surface area contributed by atoms with Gasteiger partial charge in [0.1, 0.15) is 0 Å². The molecule has 1 atom stereocenters. The van der Waals surface area contributed by atoms with Crippen molar-refractivity contribution in [2.24, 2.45) is 0 Å². The maximum absolute atomic E-state index is 2.71. The van der Waals surface area contributed by atoms with Gasteiger partial charge in [0.15, 0.2) is 0 Å². The van der Waals surface area contributed by atoms with Crippen molar-refractivity contribution in [3.05, 3.63) is 99.2 Å². The van der Waals surface area contributed by atoms with E-state index >= 15 is 0 Å². The van der Waals surface area contributed by atoms with E-state index in [1.807, 2.05) is 0 Å². The summed E-state index contributed by atoms with van der Waals surface area (Å²) in [6.45, 7) is 21.7. The van der Waals surface area contributed by atoms with Crippen molar-refractivity contribution in [2.45, 2.75) is 74.2 Å². The fourth-order valence-electron chi connectivity index (χ4n) is 5.62. The van der Waals surface area contributed by atoms with Crippen LogP contribution in [0.3, 0.4) is 0 Å². The molecule has 0 N–H and O–H groups in total. The Morgan fingerprint density at radius 1 is 0.812 bits per heavy atom. The molecule has 2 aliphatic rings. The van der Waals surface area contributed by atoms with Crippen molar-refractivity contribution >= 4 is 11.0 Å². The molecule has 2 aromatic rings. The SMILES string of the molecule is CC1=C(C)[CH]([Zr]([CH]2C=C(c3cccc(C(C)(C)C)c3)c3ccccc32)=[Si](C)C)C(C)=C1C. The van der Waals surface area contributed by atoms with E-state index in [0.29, 0.717) is 3.63 Å². The zero-order valence-corrected chi connectivity index (χ0v) is 24.8. The molecule has 0 aromatic heterocycles. The molecule has 0 nitrogen and oxygen atoms in total. The zero-order chi connectivity index (χ0) is 23.4. The van der Waals surface area contributed by atoms with Gasteiger partial charge in [0, 0.05) is 0 Å². The van der Waals surface area contributed by atoms with Crippen LogP contribution in [-0.2, 0) is 25.8 Å². The second-order valence-electron chi connectivity index (χ2n) is 11.0. The van der Waals surface area contributed by atoms with Crippen LogP contribution in [0.5, 0.6) is 0 Å². The Labute approximate surface area is 203 Å². The molecule has 0 saturated carbocycles. The molecule has 1 unspecified atom stereocenters. The van der Waals surface area contributed by atoms with E-state index < -0.39 is 20.4 Å². The Morgan fingerprint density at radius 2 is 1.44 bits per heavy atom. The summed E-state index contributed by atoms with van der Waals surface area (Å²) in [5.74, 6) is 0. The first-order chi connectivity index (χ1) is 15.0. The van der Waals surface area contributed by atoms with Gasteiger partial charge in [-0.2, -0.15) is 0 Å². The molecule has 0 radical (unpaired) electrons. The summed E-state index contributed by atoms with van der Waals surface area (Å²) in [5, 5.41) is 0. The van der Waals surface area contributed by atoms with Crippen molar-refractivity contribution in [2.75, 3.05) is 0 Å². The second-order valence-corrected chi connectivity index (χ2v) is 29.0. The Bertz CT molecular complexity index is 1190. The van der Waals surface area contributed by atoms with Gasteiger partial charge < -0.3 is 0 Å². The third-order valence-corrected chi connectivity index (χ3v) is 27.5. The molecule has 2 aromatic carbocycles. The Kier molecular flexibility index (Phi) is 6.61. The molecule has 0 bridgehead atoms. The van der Waals surface area contributed by atoms with Crippen LogP contribution in [0.4, 0.5) is 0 Å². The van der Waals surface area contributed by atoms with Gasteiger partial charge in [-0.3, -0.25) is 0 Å². The fourth-order valence-corrected chi connectivity index (χ4v) is 26.2. The molecule has 2 heteroatoms. The summed E-state index contributed by atoms with van der Waals surface area (Å²) in [5.41, 5.74) is 13.7. The summed E-state index contributed by atoms with van der Waals surface area (Å²) >= 11 is -1.89. The molecule has 0 heterocycles. The van der Waals surface area contributed by atoms with Crippen LogP contribution in [0.15, 0.2) is 76.9 Å². The normalized spacial score (nSPS) is 18.9. The Hall–Kier alpha value is -1.24. The predicted octanol–water partition coefficient (Wildman–Crippen LogP) is 8.81. The van der Waals surface area contributed by atoms with Crippen LogP contribution in [0.2, 0.25) is 16.7 Å². The van der Waals surface area contributed by atoms with Crippen molar-refractivity contribution in [1.82, 2.24) is 0 Å². The van der Waals surface area contributed by atoms with Gasteiger partial charge in [-0.25, -0.2) is 0 Å². The second kappa shape index (κ2) is 8.84. The molecule has 0 fully saturated rings. The van der Waals surface area contributed by atoms with E-state index in [9.17, 15) is 0 Å². The van der Waals surface area contributed by atoms with Gasteiger partial charge in [0.25, 0.3) is 0 Å². The number of allylic oxidation sites excluding steroid dienone is 5. The monoisotopic (exact) mass is 516 g/mol. The summed E-state index contributed by atoms with van der Waals surface area (Å²) in [4.78, 5) is 0. The number of hydrogen-bond donors (Lipinski definition) is 0. The number of rotatable bonds is 3. The zero-order valence-electron chi connectivity index (χ0n) is 21.4. The molecule has 2 aliphatic carbocycles. The van der Waals surface area contributed by atoms with E-state index in [0.717, 1.165) is 3.63 Å². The van der Waals surface area contributed by atoms with E-state index in [4.69, 9.17) is 0 Å². The number of hydrogen-bond acceptors (Lipinski definition) is 0.